The number of rotatable bonds is 6. The largest absolute Gasteiger partial charge is 0.504 e. The van der Waals surface area contributed by atoms with E-state index in [-0.39, 0.29) is 17.9 Å². The molecule has 0 aliphatic rings. The van der Waals surface area contributed by atoms with Crippen molar-refractivity contribution in [2.75, 3.05) is 12.4 Å². The van der Waals surface area contributed by atoms with Gasteiger partial charge in [-0.15, -0.1) is 0 Å². The number of nitrogens with one attached hydrogen (secondary N) is 2. The van der Waals surface area contributed by atoms with Gasteiger partial charge in [0.2, 0.25) is 11.8 Å². The molecule has 0 aliphatic heterocycles. The number of methoxy groups -OCH3 is 1. The first-order valence-electron chi connectivity index (χ1n) is 7.22. The fourth-order valence-corrected chi connectivity index (χ4v) is 2.00. The van der Waals surface area contributed by atoms with E-state index in [1.807, 2.05) is 0 Å². The Morgan fingerprint density at radius 3 is 2.60 bits per heavy atom. The van der Waals surface area contributed by atoms with Crippen molar-refractivity contribution in [1.82, 2.24) is 5.43 Å². The lowest BCUT2D eigenvalue weighted by molar-refractivity contribution is -0.126. The van der Waals surface area contributed by atoms with E-state index in [0.717, 1.165) is 0 Å². The molecule has 0 heterocycles. The monoisotopic (exact) mass is 361 g/mol. The zero-order valence-corrected chi connectivity index (χ0v) is 14.1. The number of nitrogens with zero attached hydrogens (tertiary/aromatic N) is 1. The summed E-state index contributed by atoms with van der Waals surface area (Å²) in [6, 6.07) is 11.1. The Morgan fingerprint density at radius 2 is 1.92 bits per heavy atom. The second-order valence-electron chi connectivity index (χ2n) is 4.96. The summed E-state index contributed by atoms with van der Waals surface area (Å²) in [5.41, 5.74) is 3.41. The number of benzene rings is 2. The molecule has 0 bridgehead atoms. The van der Waals surface area contributed by atoms with Crippen molar-refractivity contribution in [1.29, 1.82) is 0 Å². The third-order valence-electron chi connectivity index (χ3n) is 3.06. The highest BCUT2D eigenvalue weighted by atomic mass is 35.5. The first-order valence-corrected chi connectivity index (χ1v) is 7.60. The lowest BCUT2D eigenvalue weighted by atomic mass is 10.2. The summed E-state index contributed by atoms with van der Waals surface area (Å²) in [6.07, 6.45) is 0.996. The summed E-state index contributed by atoms with van der Waals surface area (Å²) in [5, 5.41) is 16.4. The average molecular weight is 362 g/mol. The highest BCUT2D eigenvalue weighted by molar-refractivity contribution is 6.30. The van der Waals surface area contributed by atoms with Gasteiger partial charge in [0.05, 0.1) is 13.3 Å². The van der Waals surface area contributed by atoms with E-state index in [0.29, 0.717) is 16.3 Å². The third kappa shape index (κ3) is 5.82. The minimum Gasteiger partial charge on any atom is -0.504 e. The number of hydrogen-bond donors (Lipinski definition) is 3. The van der Waals surface area contributed by atoms with Crippen LogP contribution in [-0.4, -0.2) is 30.2 Å². The average Bonchev–Trinajstić information content (AvgIpc) is 2.58. The van der Waals surface area contributed by atoms with Gasteiger partial charge in [0, 0.05) is 10.7 Å². The van der Waals surface area contributed by atoms with Gasteiger partial charge < -0.3 is 15.2 Å². The molecule has 2 aromatic rings. The molecular formula is C17H16ClN3O4. The van der Waals surface area contributed by atoms with Crippen molar-refractivity contribution < 1.29 is 19.4 Å². The highest BCUT2D eigenvalue weighted by Gasteiger charge is 2.09. The molecule has 0 aliphatic carbocycles. The first kappa shape index (κ1) is 18.3. The van der Waals surface area contributed by atoms with Crippen LogP contribution in [0.5, 0.6) is 11.5 Å². The van der Waals surface area contributed by atoms with E-state index < -0.39 is 11.8 Å². The van der Waals surface area contributed by atoms with E-state index in [9.17, 15) is 14.7 Å². The van der Waals surface area contributed by atoms with Crippen molar-refractivity contribution in [3.05, 3.63) is 53.1 Å². The number of hydrazone groups is 1. The Balaban J connectivity index is 1.83. The number of phenols is 1. The molecule has 0 unspecified atom stereocenters. The maximum Gasteiger partial charge on any atom is 0.249 e. The predicted octanol–water partition coefficient (Wildman–Crippen LogP) is 2.53. The third-order valence-corrected chi connectivity index (χ3v) is 3.31. The van der Waals surface area contributed by atoms with Crippen LogP contribution in [0.15, 0.2) is 47.6 Å². The molecular weight excluding hydrogens is 346 g/mol. The zero-order chi connectivity index (χ0) is 18.2. The van der Waals surface area contributed by atoms with Crippen LogP contribution in [0.25, 0.3) is 0 Å². The number of aromatic hydroxyl groups is 1. The summed E-state index contributed by atoms with van der Waals surface area (Å²) in [6.45, 7) is 0. The number of carbonyl (C=O) groups excluding carboxylic acids is 2. The van der Waals surface area contributed by atoms with E-state index in [1.54, 1.807) is 36.4 Å². The Hall–Kier alpha value is -3.06. The maximum atomic E-state index is 11.8. The summed E-state index contributed by atoms with van der Waals surface area (Å²) in [4.78, 5) is 23.5. The van der Waals surface area contributed by atoms with E-state index in [4.69, 9.17) is 16.3 Å². The Morgan fingerprint density at radius 1 is 1.20 bits per heavy atom. The number of carbonyl (C=O) groups is 2. The van der Waals surface area contributed by atoms with E-state index >= 15 is 0 Å². The molecule has 0 fully saturated rings. The molecule has 8 heteroatoms. The molecule has 25 heavy (non-hydrogen) atoms. The number of halogens is 1. The summed E-state index contributed by atoms with van der Waals surface area (Å²) < 4.78 is 4.97. The van der Waals surface area contributed by atoms with E-state index in [1.165, 1.54) is 19.4 Å². The molecule has 0 saturated heterocycles. The van der Waals surface area contributed by atoms with Gasteiger partial charge in [-0.2, -0.15) is 5.10 Å². The normalized spacial score (nSPS) is 10.5. The first-order chi connectivity index (χ1) is 12.0. The Labute approximate surface area is 149 Å². The van der Waals surface area contributed by atoms with Gasteiger partial charge in [-0.3, -0.25) is 9.59 Å². The van der Waals surface area contributed by atoms with Crippen molar-refractivity contribution in [2.24, 2.45) is 5.10 Å². The molecule has 0 radical (unpaired) electrons. The number of amides is 2. The van der Waals surface area contributed by atoms with Crippen LogP contribution >= 0.6 is 11.6 Å². The van der Waals surface area contributed by atoms with Crippen LogP contribution in [-0.2, 0) is 9.59 Å². The van der Waals surface area contributed by atoms with Crippen LogP contribution in [0.2, 0.25) is 5.02 Å². The maximum absolute atomic E-state index is 11.8. The highest BCUT2D eigenvalue weighted by Crippen LogP contribution is 2.25. The van der Waals surface area contributed by atoms with Crippen LogP contribution in [0.1, 0.15) is 12.0 Å². The van der Waals surface area contributed by atoms with Crippen molar-refractivity contribution in [3.63, 3.8) is 0 Å². The fourth-order valence-electron chi connectivity index (χ4n) is 1.88. The molecule has 0 spiro atoms. The topological polar surface area (TPSA) is 100 Å². The van der Waals surface area contributed by atoms with Gasteiger partial charge in [0.1, 0.15) is 6.42 Å². The molecule has 0 atom stereocenters. The second kappa shape index (κ2) is 8.70. The molecule has 7 nitrogen and oxygen atoms in total. The van der Waals surface area contributed by atoms with E-state index in [2.05, 4.69) is 15.8 Å². The van der Waals surface area contributed by atoms with Gasteiger partial charge in [-0.25, -0.2) is 5.43 Å². The van der Waals surface area contributed by atoms with Gasteiger partial charge >= 0.3 is 0 Å². The minimum atomic E-state index is -0.562. The molecule has 0 aromatic heterocycles. The Kier molecular flexibility index (Phi) is 6.36. The zero-order valence-electron chi connectivity index (χ0n) is 13.3. The minimum absolute atomic E-state index is 0.00237. The molecule has 2 aromatic carbocycles. The van der Waals surface area contributed by atoms with Crippen molar-refractivity contribution >= 4 is 35.3 Å². The van der Waals surface area contributed by atoms with Gasteiger partial charge in [0.25, 0.3) is 0 Å². The molecule has 130 valence electrons. The number of ether oxygens (including phenoxy) is 1. The fraction of sp³-hybridized carbons (Fsp3) is 0.118. The smallest absolute Gasteiger partial charge is 0.249 e. The second-order valence-corrected chi connectivity index (χ2v) is 5.39. The summed E-state index contributed by atoms with van der Waals surface area (Å²) in [5.74, 6) is -0.741. The number of phenolic OH excluding ortho intramolecular Hbond substituents is 1. The lowest BCUT2D eigenvalue weighted by Gasteiger charge is -2.05. The summed E-state index contributed by atoms with van der Waals surface area (Å²) in [7, 11) is 1.43. The van der Waals surface area contributed by atoms with Gasteiger partial charge in [-0.05, 0) is 48.0 Å². The number of anilines is 1. The van der Waals surface area contributed by atoms with Gasteiger partial charge in [0.15, 0.2) is 11.5 Å². The van der Waals surface area contributed by atoms with Crippen LogP contribution in [0.3, 0.4) is 0 Å². The molecule has 2 amide bonds. The molecule has 3 N–H and O–H groups in total. The molecule has 0 saturated carbocycles. The number of hydrogen-bond acceptors (Lipinski definition) is 5. The van der Waals surface area contributed by atoms with Crippen molar-refractivity contribution in [3.8, 4) is 11.5 Å². The van der Waals surface area contributed by atoms with Crippen LogP contribution in [0.4, 0.5) is 5.69 Å². The predicted molar refractivity (Wildman–Crippen MR) is 95.1 cm³/mol. The standard InChI is InChI=1S/C17H16ClN3O4/c1-25-15-8-11(2-7-14(15)22)10-19-21-17(24)9-16(23)20-13-5-3-12(18)4-6-13/h2-8,10,22H,9H2,1H3,(H,20,23)(H,21,24). The van der Waals surface area contributed by atoms with Crippen molar-refractivity contribution in [2.45, 2.75) is 6.42 Å². The quantitative estimate of drug-likeness (QED) is 0.418. The van der Waals surface area contributed by atoms with Crippen LogP contribution in [0, 0.1) is 0 Å². The lowest BCUT2D eigenvalue weighted by Crippen LogP contribution is -2.24. The van der Waals surface area contributed by atoms with Crippen LogP contribution < -0.4 is 15.5 Å². The SMILES string of the molecule is COc1cc(C=NNC(=O)CC(=O)Nc2ccc(Cl)cc2)ccc1O. The summed E-state index contributed by atoms with van der Waals surface area (Å²) >= 11 is 5.75. The van der Waals surface area contributed by atoms with Gasteiger partial charge in [-0.1, -0.05) is 11.6 Å². The molecule has 2 rings (SSSR count). The Bertz CT molecular complexity index is 791.